The summed E-state index contributed by atoms with van der Waals surface area (Å²) in [5.41, 5.74) is 4.09. The number of para-hydroxylation sites is 1. The van der Waals surface area contributed by atoms with Crippen LogP contribution in [0.25, 0.3) is 40.1 Å². The molecular weight excluding hydrogens is 510 g/mol. The molecule has 0 unspecified atom stereocenters. The molecule has 0 fully saturated rings. The van der Waals surface area contributed by atoms with Crippen LogP contribution in [0, 0.1) is 0 Å². The zero-order valence-electron chi connectivity index (χ0n) is 21.2. The van der Waals surface area contributed by atoms with E-state index in [9.17, 15) is 4.79 Å². The van der Waals surface area contributed by atoms with Crippen LogP contribution in [-0.2, 0) is 0 Å². The Bertz CT molecular complexity index is 1900. The highest BCUT2D eigenvalue weighted by Crippen LogP contribution is 2.27. The molecule has 0 bridgehead atoms. The number of ether oxygens (including phenoxy) is 2. The molecule has 0 atom stereocenters. The Kier molecular flexibility index (Phi) is 6.48. The summed E-state index contributed by atoms with van der Waals surface area (Å²) >= 11 is 1.29. The Balaban J connectivity index is 1.39. The summed E-state index contributed by atoms with van der Waals surface area (Å²) in [7, 11) is 3.26. The third kappa shape index (κ3) is 4.95. The minimum atomic E-state index is -0.226. The summed E-state index contributed by atoms with van der Waals surface area (Å²) in [4.78, 5) is 18.3. The molecule has 6 aromatic rings. The van der Waals surface area contributed by atoms with Gasteiger partial charge < -0.3 is 9.47 Å². The van der Waals surface area contributed by atoms with Crippen molar-refractivity contribution in [3.8, 4) is 28.4 Å². The minimum Gasteiger partial charge on any atom is -0.497 e. The maximum absolute atomic E-state index is 13.3. The van der Waals surface area contributed by atoms with Crippen LogP contribution in [0.3, 0.4) is 0 Å². The van der Waals surface area contributed by atoms with Crippen LogP contribution in [0.15, 0.2) is 89.9 Å². The van der Waals surface area contributed by atoms with Crippen LogP contribution in [0.4, 0.5) is 0 Å². The van der Waals surface area contributed by atoms with Crippen molar-refractivity contribution < 1.29 is 9.47 Å². The van der Waals surface area contributed by atoms with E-state index in [1.54, 1.807) is 20.3 Å². The number of rotatable bonds is 7. The maximum Gasteiger partial charge on any atom is 0.291 e. The van der Waals surface area contributed by atoms with Gasteiger partial charge in [-0.25, -0.2) is 4.68 Å². The van der Waals surface area contributed by atoms with Crippen molar-refractivity contribution in [3.63, 3.8) is 0 Å². The molecule has 0 aliphatic carbocycles. The van der Waals surface area contributed by atoms with Crippen molar-refractivity contribution in [2.24, 2.45) is 0 Å². The number of thiazole rings is 1. The predicted octanol–water partition coefficient (Wildman–Crippen LogP) is 4.74. The van der Waals surface area contributed by atoms with Crippen molar-refractivity contribution >= 4 is 34.5 Å². The maximum atomic E-state index is 13.3. The summed E-state index contributed by atoms with van der Waals surface area (Å²) in [5, 5.41) is 9.26. The van der Waals surface area contributed by atoms with E-state index in [1.165, 1.54) is 15.9 Å². The van der Waals surface area contributed by atoms with Crippen LogP contribution in [0.2, 0.25) is 0 Å². The standard InChI is InChI=1S/C30H23N5O3S/c1-37-24-14-11-20(12-15-24)13-16-27-31-30-35(32-27)29(36)26(39-30)18-22-19-34(23-8-4-3-5-9-23)33-28(22)21-7-6-10-25(17-21)38-2/h3-19H,1-2H3/b16-13+,26-18-. The lowest BCUT2D eigenvalue weighted by Crippen LogP contribution is -2.23. The van der Waals surface area contributed by atoms with Gasteiger partial charge in [0, 0.05) is 17.3 Å². The Morgan fingerprint density at radius 1 is 0.846 bits per heavy atom. The lowest BCUT2D eigenvalue weighted by Gasteiger charge is -2.03. The first-order valence-electron chi connectivity index (χ1n) is 12.1. The summed E-state index contributed by atoms with van der Waals surface area (Å²) < 4.78 is 14.3. The van der Waals surface area contributed by atoms with Gasteiger partial charge in [-0.05, 0) is 54.1 Å². The first kappa shape index (κ1) is 24.3. The quantitative estimate of drug-likeness (QED) is 0.295. The fourth-order valence-corrected chi connectivity index (χ4v) is 5.05. The molecule has 39 heavy (non-hydrogen) atoms. The van der Waals surface area contributed by atoms with Crippen LogP contribution in [0.5, 0.6) is 11.5 Å². The topological polar surface area (TPSA) is 83.5 Å². The van der Waals surface area contributed by atoms with Gasteiger partial charge in [0.05, 0.1) is 24.4 Å². The summed E-state index contributed by atoms with van der Waals surface area (Å²) in [6.45, 7) is 0. The number of hydrogen-bond donors (Lipinski definition) is 0. The monoisotopic (exact) mass is 533 g/mol. The fraction of sp³-hybridized carbons (Fsp3) is 0.0667. The highest BCUT2D eigenvalue weighted by atomic mass is 32.1. The molecule has 6 rings (SSSR count). The van der Waals surface area contributed by atoms with Gasteiger partial charge in [0.15, 0.2) is 5.82 Å². The van der Waals surface area contributed by atoms with Gasteiger partial charge in [0.2, 0.25) is 4.96 Å². The number of nitrogens with zero attached hydrogens (tertiary/aromatic N) is 5. The predicted molar refractivity (Wildman–Crippen MR) is 153 cm³/mol. The van der Waals surface area contributed by atoms with Crippen molar-refractivity contribution in [1.29, 1.82) is 0 Å². The molecule has 8 nitrogen and oxygen atoms in total. The molecule has 3 aromatic carbocycles. The van der Waals surface area contributed by atoms with Gasteiger partial charge in [0.25, 0.3) is 5.56 Å². The smallest absolute Gasteiger partial charge is 0.291 e. The van der Waals surface area contributed by atoms with Crippen LogP contribution < -0.4 is 19.6 Å². The molecule has 0 spiro atoms. The van der Waals surface area contributed by atoms with Crippen molar-refractivity contribution in [2.75, 3.05) is 14.2 Å². The van der Waals surface area contributed by atoms with E-state index in [0.29, 0.717) is 15.3 Å². The number of hydrogen-bond acceptors (Lipinski definition) is 7. The SMILES string of the molecule is COc1ccc(/C=C/c2nc3s/c(=C\c4cn(-c5ccccc5)nc4-c4cccc(OC)c4)c(=O)n3n2)cc1. The molecule has 0 aliphatic rings. The third-order valence-corrected chi connectivity index (χ3v) is 7.09. The number of aromatic nitrogens is 5. The van der Waals surface area contributed by atoms with E-state index in [1.807, 2.05) is 102 Å². The average Bonchev–Trinajstić information content (AvgIpc) is 3.67. The van der Waals surface area contributed by atoms with Gasteiger partial charge >= 0.3 is 0 Å². The molecule has 0 amide bonds. The summed E-state index contributed by atoms with van der Waals surface area (Å²) in [6, 6.07) is 25.2. The van der Waals surface area contributed by atoms with E-state index in [4.69, 9.17) is 14.6 Å². The first-order chi connectivity index (χ1) is 19.1. The van der Waals surface area contributed by atoms with E-state index in [0.717, 1.165) is 39.6 Å². The van der Waals surface area contributed by atoms with E-state index in [-0.39, 0.29) is 5.56 Å². The number of fused-ring (bicyclic) bond motifs is 1. The van der Waals surface area contributed by atoms with Gasteiger partial charge in [0.1, 0.15) is 17.2 Å². The molecular formula is C30H23N5O3S. The molecule has 0 aliphatic heterocycles. The molecule has 0 radical (unpaired) electrons. The number of methoxy groups -OCH3 is 2. The number of benzene rings is 3. The van der Waals surface area contributed by atoms with E-state index in [2.05, 4.69) is 10.1 Å². The van der Waals surface area contributed by atoms with E-state index >= 15 is 0 Å². The Labute approximate surface area is 227 Å². The molecule has 0 N–H and O–H groups in total. The third-order valence-electron chi connectivity index (χ3n) is 6.13. The molecule has 3 heterocycles. The van der Waals surface area contributed by atoms with Crippen molar-refractivity contribution in [3.05, 3.63) is 117 Å². The van der Waals surface area contributed by atoms with Gasteiger partial charge in [-0.3, -0.25) is 4.79 Å². The zero-order valence-corrected chi connectivity index (χ0v) is 22.0. The highest BCUT2D eigenvalue weighted by Gasteiger charge is 2.14. The van der Waals surface area contributed by atoms with Gasteiger partial charge in [-0.1, -0.05) is 59.9 Å². The molecule has 192 valence electrons. The summed E-state index contributed by atoms with van der Waals surface area (Å²) in [5.74, 6) is 1.98. The minimum absolute atomic E-state index is 0.226. The van der Waals surface area contributed by atoms with Crippen LogP contribution in [0.1, 0.15) is 17.0 Å². The van der Waals surface area contributed by atoms with E-state index < -0.39 is 0 Å². The highest BCUT2D eigenvalue weighted by molar-refractivity contribution is 7.15. The van der Waals surface area contributed by atoms with Crippen LogP contribution >= 0.6 is 11.3 Å². The largest absolute Gasteiger partial charge is 0.497 e. The second-order valence-electron chi connectivity index (χ2n) is 8.63. The normalized spacial score (nSPS) is 12.0. The molecule has 9 heteroatoms. The molecule has 3 aromatic heterocycles. The average molecular weight is 534 g/mol. The fourth-order valence-electron chi connectivity index (χ4n) is 4.15. The first-order valence-corrected chi connectivity index (χ1v) is 13.0. The van der Waals surface area contributed by atoms with Crippen LogP contribution in [-0.4, -0.2) is 38.6 Å². The van der Waals surface area contributed by atoms with Crippen molar-refractivity contribution in [2.45, 2.75) is 0 Å². The lowest BCUT2D eigenvalue weighted by molar-refractivity contribution is 0.414. The second kappa shape index (κ2) is 10.4. The Hall–Kier alpha value is -5.02. The lowest BCUT2D eigenvalue weighted by atomic mass is 10.1. The second-order valence-corrected chi connectivity index (χ2v) is 9.64. The summed E-state index contributed by atoms with van der Waals surface area (Å²) in [6.07, 6.45) is 7.45. The Morgan fingerprint density at radius 2 is 1.64 bits per heavy atom. The molecule has 0 saturated carbocycles. The van der Waals surface area contributed by atoms with Gasteiger partial charge in [-0.15, -0.1) is 5.10 Å². The van der Waals surface area contributed by atoms with Gasteiger partial charge in [-0.2, -0.15) is 14.6 Å². The molecule has 0 saturated heterocycles. The van der Waals surface area contributed by atoms with Crippen molar-refractivity contribution in [1.82, 2.24) is 24.4 Å². The zero-order chi connectivity index (χ0) is 26.8. The Morgan fingerprint density at radius 3 is 2.38 bits per heavy atom.